The summed E-state index contributed by atoms with van der Waals surface area (Å²) < 4.78 is 46.6. The summed E-state index contributed by atoms with van der Waals surface area (Å²) in [6.07, 6.45) is -2.85. The molecular formula is C14H9F3N4OS. The van der Waals surface area contributed by atoms with Crippen LogP contribution in [0.25, 0.3) is 27.5 Å². The van der Waals surface area contributed by atoms with Gasteiger partial charge in [0, 0.05) is 5.69 Å². The molecule has 0 radical (unpaired) electrons. The zero-order valence-electron chi connectivity index (χ0n) is 12.0. The molecule has 0 atom stereocenters. The van der Waals surface area contributed by atoms with E-state index in [9.17, 15) is 13.2 Å². The maximum Gasteiger partial charge on any atom is 0.417 e. The van der Waals surface area contributed by atoms with Crippen molar-refractivity contribution in [1.82, 2.24) is 19.6 Å². The molecule has 118 valence electrons. The molecule has 0 aliphatic heterocycles. The van der Waals surface area contributed by atoms with Gasteiger partial charge in [0.1, 0.15) is 10.7 Å². The highest BCUT2D eigenvalue weighted by Gasteiger charge is 2.34. The molecule has 0 saturated carbocycles. The van der Waals surface area contributed by atoms with Gasteiger partial charge in [-0.25, -0.2) is 14.5 Å². The molecule has 23 heavy (non-hydrogen) atoms. The summed E-state index contributed by atoms with van der Waals surface area (Å²) in [6, 6.07) is 2.34. The molecule has 0 spiro atoms. The van der Waals surface area contributed by atoms with Gasteiger partial charge in [0.25, 0.3) is 0 Å². The van der Waals surface area contributed by atoms with Gasteiger partial charge in [0.15, 0.2) is 5.76 Å². The molecule has 0 aliphatic carbocycles. The Bertz CT molecular complexity index is 1010. The molecule has 0 N–H and O–H groups in total. The lowest BCUT2D eigenvalue weighted by Crippen LogP contribution is -2.06. The Kier molecular flexibility index (Phi) is 2.80. The van der Waals surface area contributed by atoms with Crippen LogP contribution in [-0.4, -0.2) is 19.6 Å². The van der Waals surface area contributed by atoms with Crippen LogP contribution in [-0.2, 0) is 6.18 Å². The second-order valence-corrected chi connectivity index (χ2v) is 6.27. The Morgan fingerprint density at radius 3 is 2.65 bits per heavy atom. The van der Waals surface area contributed by atoms with E-state index in [1.807, 2.05) is 6.92 Å². The van der Waals surface area contributed by atoms with Gasteiger partial charge in [-0.3, -0.25) is 0 Å². The Hall–Kier alpha value is -2.42. The first-order valence-electron chi connectivity index (χ1n) is 6.63. The number of rotatable bonds is 1. The van der Waals surface area contributed by atoms with E-state index in [1.54, 1.807) is 10.7 Å². The number of aromatic nitrogens is 4. The summed E-state index contributed by atoms with van der Waals surface area (Å²) in [5.74, 6) is 0.235. The molecule has 0 bridgehead atoms. The number of fused-ring (bicyclic) bond motifs is 2. The van der Waals surface area contributed by atoms with Crippen LogP contribution in [0.1, 0.15) is 16.3 Å². The maximum atomic E-state index is 13.2. The lowest BCUT2D eigenvalue weighted by molar-refractivity contribution is -0.136. The molecule has 4 rings (SSSR count). The average molecular weight is 338 g/mol. The van der Waals surface area contributed by atoms with Crippen LogP contribution in [0.4, 0.5) is 13.2 Å². The Morgan fingerprint density at radius 2 is 1.96 bits per heavy atom. The van der Waals surface area contributed by atoms with Gasteiger partial charge in [-0.15, -0.1) is 0 Å². The summed E-state index contributed by atoms with van der Waals surface area (Å²) in [6.45, 7) is 3.35. The maximum absolute atomic E-state index is 13.2. The van der Waals surface area contributed by atoms with Gasteiger partial charge in [-0.2, -0.15) is 18.3 Å². The Morgan fingerprint density at radius 1 is 1.17 bits per heavy atom. The van der Waals surface area contributed by atoms with E-state index in [2.05, 4.69) is 15.1 Å². The molecule has 4 heterocycles. The number of hydrogen-bond acceptors (Lipinski definition) is 5. The highest BCUT2D eigenvalue weighted by atomic mass is 32.1. The van der Waals surface area contributed by atoms with E-state index in [4.69, 9.17) is 4.42 Å². The van der Waals surface area contributed by atoms with Gasteiger partial charge < -0.3 is 4.42 Å². The van der Waals surface area contributed by atoms with Crippen molar-refractivity contribution in [3.8, 4) is 11.5 Å². The summed E-state index contributed by atoms with van der Waals surface area (Å²) in [5.41, 5.74) is -0.140. The van der Waals surface area contributed by atoms with Crippen LogP contribution in [0, 0.1) is 13.8 Å². The number of nitrogens with zero attached hydrogens (tertiary/aromatic N) is 4. The van der Waals surface area contributed by atoms with Crippen molar-refractivity contribution in [3.05, 3.63) is 34.6 Å². The lowest BCUT2D eigenvalue weighted by atomic mass is 10.1. The monoisotopic (exact) mass is 338 g/mol. The van der Waals surface area contributed by atoms with Gasteiger partial charge in [-0.1, -0.05) is 11.3 Å². The molecule has 0 aromatic carbocycles. The quantitative estimate of drug-likeness (QED) is 0.521. The first-order chi connectivity index (χ1) is 10.8. The van der Waals surface area contributed by atoms with E-state index in [-0.39, 0.29) is 22.6 Å². The van der Waals surface area contributed by atoms with E-state index >= 15 is 0 Å². The molecule has 0 aliphatic rings. The highest BCUT2D eigenvalue weighted by Crippen LogP contribution is 2.37. The van der Waals surface area contributed by atoms with E-state index < -0.39 is 11.7 Å². The summed E-state index contributed by atoms with van der Waals surface area (Å²) >= 11 is 1.39. The highest BCUT2D eigenvalue weighted by molar-refractivity contribution is 7.16. The number of aryl methyl sites for hydroxylation is 2. The minimum Gasteiger partial charge on any atom is -0.436 e. The minimum absolute atomic E-state index is 0.0483. The third kappa shape index (κ3) is 2.27. The molecule has 0 saturated heterocycles. The molecule has 5 nitrogen and oxygen atoms in total. The van der Waals surface area contributed by atoms with Gasteiger partial charge >= 0.3 is 6.18 Å². The zero-order chi connectivity index (χ0) is 16.4. The van der Waals surface area contributed by atoms with Crippen LogP contribution in [0.2, 0.25) is 0 Å². The molecule has 0 amide bonds. The van der Waals surface area contributed by atoms with Gasteiger partial charge in [-0.05, 0) is 26.0 Å². The van der Waals surface area contributed by atoms with Crippen molar-refractivity contribution in [3.63, 3.8) is 0 Å². The lowest BCUT2D eigenvalue weighted by Gasteiger charge is -2.07. The molecule has 9 heteroatoms. The normalized spacial score (nSPS) is 12.6. The number of pyridine rings is 1. The molecule has 0 fully saturated rings. The van der Waals surface area contributed by atoms with Crippen molar-refractivity contribution in [2.24, 2.45) is 0 Å². The van der Waals surface area contributed by atoms with Crippen molar-refractivity contribution in [2.45, 2.75) is 20.0 Å². The topological polar surface area (TPSA) is 56.2 Å². The van der Waals surface area contributed by atoms with Crippen LogP contribution in [0.15, 0.2) is 22.7 Å². The SMILES string of the molecule is Cc1cc(C(F)(F)F)c2cc(-c3cn4nc(C)sc4n3)oc2n1. The van der Waals surface area contributed by atoms with Crippen LogP contribution >= 0.6 is 11.3 Å². The molecular weight excluding hydrogens is 329 g/mol. The number of alkyl halides is 3. The van der Waals surface area contributed by atoms with Gasteiger partial charge in [0.05, 0.1) is 17.1 Å². The van der Waals surface area contributed by atoms with Crippen LogP contribution < -0.4 is 0 Å². The fourth-order valence-corrected chi connectivity index (χ4v) is 3.14. The number of hydrogen-bond donors (Lipinski definition) is 0. The Labute approximate surface area is 131 Å². The van der Waals surface area contributed by atoms with Crippen molar-refractivity contribution in [2.75, 3.05) is 0 Å². The number of furan rings is 1. The molecule has 4 aromatic heterocycles. The van der Waals surface area contributed by atoms with Crippen molar-refractivity contribution < 1.29 is 17.6 Å². The predicted octanol–water partition coefficient (Wildman–Crippen LogP) is 4.23. The molecule has 4 aromatic rings. The molecule has 0 unspecified atom stereocenters. The third-order valence-corrected chi connectivity index (χ3v) is 4.17. The minimum atomic E-state index is -4.47. The Balaban J connectivity index is 1.92. The number of halogens is 3. The first kappa shape index (κ1) is 14.2. The summed E-state index contributed by atoms with van der Waals surface area (Å²) in [4.78, 5) is 9.02. The number of imidazole rings is 1. The standard InChI is InChI=1S/C14H9F3N4OS/c1-6-3-9(14(15,16)17)8-4-11(22-12(8)18-6)10-5-21-13(19-10)23-7(2)20-21/h3-5H,1-2H3. The largest absolute Gasteiger partial charge is 0.436 e. The first-order valence-corrected chi connectivity index (χ1v) is 7.44. The van der Waals surface area contributed by atoms with Crippen molar-refractivity contribution >= 4 is 27.4 Å². The summed E-state index contributed by atoms with van der Waals surface area (Å²) in [7, 11) is 0. The van der Waals surface area contributed by atoms with E-state index in [0.717, 1.165) is 11.1 Å². The van der Waals surface area contributed by atoms with Gasteiger partial charge in [0.2, 0.25) is 10.7 Å². The van der Waals surface area contributed by atoms with E-state index in [0.29, 0.717) is 10.7 Å². The average Bonchev–Trinajstić information content (AvgIpc) is 3.07. The van der Waals surface area contributed by atoms with Crippen LogP contribution in [0.3, 0.4) is 0 Å². The predicted molar refractivity (Wildman–Crippen MR) is 78.3 cm³/mol. The fourth-order valence-electron chi connectivity index (χ4n) is 2.42. The second kappa shape index (κ2) is 4.54. The zero-order valence-corrected chi connectivity index (χ0v) is 12.8. The third-order valence-electron chi connectivity index (χ3n) is 3.34. The fraction of sp³-hybridized carbons (Fsp3) is 0.214. The van der Waals surface area contributed by atoms with Crippen molar-refractivity contribution in [1.29, 1.82) is 0 Å². The van der Waals surface area contributed by atoms with E-state index in [1.165, 1.54) is 24.3 Å². The summed E-state index contributed by atoms with van der Waals surface area (Å²) in [5, 5.41) is 5.00. The smallest absolute Gasteiger partial charge is 0.417 e. The second-order valence-electron chi connectivity index (χ2n) is 5.11. The van der Waals surface area contributed by atoms with Crippen LogP contribution in [0.5, 0.6) is 0 Å².